The molecule has 0 radical (unpaired) electrons. The van der Waals surface area contributed by atoms with Gasteiger partial charge in [0.15, 0.2) is 0 Å². The summed E-state index contributed by atoms with van der Waals surface area (Å²) in [6.45, 7) is 4.44. The van der Waals surface area contributed by atoms with Crippen molar-refractivity contribution in [3.63, 3.8) is 0 Å². The summed E-state index contributed by atoms with van der Waals surface area (Å²) in [6.07, 6.45) is 9.95. The van der Waals surface area contributed by atoms with Crippen LogP contribution >= 0.6 is 0 Å². The van der Waals surface area contributed by atoms with Crippen LogP contribution in [0.3, 0.4) is 0 Å². The Morgan fingerprint density at radius 1 is 1.33 bits per heavy atom. The summed E-state index contributed by atoms with van der Waals surface area (Å²) in [5.74, 6) is 3.40. The number of nitrogens with one attached hydrogen (secondary N) is 1. The van der Waals surface area contributed by atoms with Crippen molar-refractivity contribution in [2.45, 2.75) is 45.6 Å². The summed E-state index contributed by atoms with van der Waals surface area (Å²) in [5.41, 5.74) is 0. The molecule has 1 N–H and O–H groups in total. The standard InChI is InChI=1S/C11H21N/c1-5-7-10(2)8-6-9-11(3)12-4/h1,10-12H,6-9H2,2-4H3. The fourth-order valence-corrected chi connectivity index (χ4v) is 1.22. The third-order valence-electron chi connectivity index (χ3n) is 2.29. The van der Waals surface area contributed by atoms with Gasteiger partial charge >= 0.3 is 0 Å². The monoisotopic (exact) mass is 167 g/mol. The minimum absolute atomic E-state index is 0.642. The highest BCUT2D eigenvalue weighted by Crippen LogP contribution is 2.11. The molecule has 0 aliphatic heterocycles. The van der Waals surface area contributed by atoms with E-state index in [0.717, 1.165) is 6.42 Å². The van der Waals surface area contributed by atoms with E-state index in [0.29, 0.717) is 12.0 Å². The molecule has 70 valence electrons. The summed E-state index contributed by atoms with van der Waals surface area (Å²) in [6, 6.07) is 0.642. The molecule has 2 unspecified atom stereocenters. The highest BCUT2D eigenvalue weighted by Gasteiger charge is 2.01. The molecule has 1 heteroatoms. The molecule has 0 aromatic rings. The van der Waals surface area contributed by atoms with Crippen LogP contribution in [0.4, 0.5) is 0 Å². The fraction of sp³-hybridized carbons (Fsp3) is 0.818. The maximum Gasteiger partial charge on any atom is 0.0112 e. The summed E-state index contributed by atoms with van der Waals surface area (Å²) in [4.78, 5) is 0. The Kier molecular flexibility index (Phi) is 6.90. The van der Waals surface area contributed by atoms with E-state index in [1.165, 1.54) is 19.3 Å². The SMILES string of the molecule is C#CCC(C)CCCC(C)NC. The fourth-order valence-electron chi connectivity index (χ4n) is 1.22. The zero-order valence-electron chi connectivity index (χ0n) is 8.56. The maximum absolute atomic E-state index is 5.22. The second-order valence-electron chi connectivity index (χ2n) is 3.63. The molecule has 1 nitrogen and oxygen atoms in total. The average Bonchev–Trinajstić information content (AvgIpc) is 2.04. The van der Waals surface area contributed by atoms with E-state index in [2.05, 4.69) is 25.1 Å². The quantitative estimate of drug-likeness (QED) is 0.599. The largest absolute Gasteiger partial charge is 0.317 e. The van der Waals surface area contributed by atoms with Gasteiger partial charge in [-0.15, -0.1) is 12.3 Å². The molecule has 0 aliphatic rings. The van der Waals surface area contributed by atoms with Gasteiger partial charge in [0, 0.05) is 12.5 Å². The van der Waals surface area contributed by atoms with Crippen LogP contribution < -0.4 is 5.32 Å². The summed E-state index contributed by atoms with van der Waals surface area (Å²) < 4.78 is 0. The topological polar surface area (TPSA) is 12.0 Å². The minimum atomic E-state index is 0.642. The third-order valence-corrected chi connectivity index (χ3v) is 2.29. The molecule has 0 fully saturated rings. The number of terminal acetylenes is 1. The Hall–Kier alpha value is -0.480. The molecule has 0 bridgehead atoms. The Bertz CT molecular complexity index is 134. The minimum Gasteiger partial charge on any atom is -0.317 e. The first-order chi connectivity index (χ1) is 5.70. The second-order valence-corrected chi connectivity index (χ2v) is 3.63. The molecule has 0 saturated carbocycles. The molecule has 0 aliphatic carbocycles. The van der Waals surface area contributed by atoms with Crippen LogP contribution in [-0.4, -0.2) is 13.1 Å². The van der Waals surface area contributed by atoms with E-state index >= 15 is 0 Å². The molecule has 0 heterocycles. The molecule has 0 saturated heterocycles. The van der Waals surface area contributed by atoms with Crippen molar-refractivity contribution in [2.75, 3.05) is 7.05 Å². The van der Waals surface area contributed by atoms with Crippen LogP contribution in [-0.2, 0) is 0 Å². The Morgan fingerprint density at radius 2 is 2.00 bits per heavy atom. The van der Waals surface area contributed by atoms with Gasteiger partial charge in [-0.1, -0.05) is 13.3 Å². The van der Waals surface area contributed by atoms with Gasteiger partial charge in [-0.25, -0.2) is 0 Å². The van der Waals surface area contributed by atoms with Crippen molar-refractivity contribution in [3.05, 3.63) is 0 Å². The van der Waals surface area contributed by atoms with Gasteiger partial charge < -0.3 is 5.32 Å². The van der Waals surface area contributed by atoms with Crippen molar-refractivity contribution < 1.29 is 0 Å². The highest BCUT2D eigenvalue weighted by atomic mass is 14.8. The van der Waals surface area contributed by atoms with E-state index in [-0.39, 0.29) is 0 Å². The molecular weight excluding hydrogens is 146 g/mol. The highest BCUT2D eigenvalue weighted by molar-refractivity contribution is 4.85. The van der Waals surface area contributed by atoms with E-state index < -0.39 is 0 Å². The lowest BCUT2D eigenvalue weighted by atomic mass is 9.99. The summed E-state index contributed by atoms with van der Waals surface area (Å²) in [7, 11) is 2.01. The van der Waals surface area contributed by atoms with Crippen molar-refractivity contribution in [3.8, 4) is 12.3 Å². The van der Waals surface area contributed by atoms with Crippen LogP contribution in [0, 0.1) is 18.3 Å². The van der Waals surface area contributed by atoms with Crippen LogP contribution in [0.2, 0.25) is 0 Å². The molecule has 0 spiro atoms. The number of hydrogen-bond acceptors (Lipinski definition) is 1. The number of rotatable bonds is 6. The lowest BCUT2D eigenvalue weighted by Crippen LogP contribution is -2.20. The summed E-state index contributed by atoms with van der Waals surface area (Å²) in [5, 5.41) is 3.23. The van der Waals surface area contributed by atoms with Gasteiger partial charge in [-0.3, -0.25) is 0 Å². The smallest absolute Gasteiger partial charge is 0.0112 e. The van der Waals surface area contributed by atoms with Crippen LogP contribution in [0.15, 0.2) is 0 Å². The normalized spacial score (nSPS) is 15.2. The average molecular weight is 167 g/mol. The van der Waals surface area contributed by atoms with Crippen molar-refractivity contribution >= 4 is 0 Å². The molecule has 0 aromatic carbocycles. The first-order valence-corrected chi connectivity index (χ1v) is 4.81. The molecular formula is C11H21N. The Labute approximate surface area is 76.9 Å². The molecule has 2 atom stereocenters. The molecule has 0 aromatic heterocycles. The third kappa shape index (κ3) is 6.24. The van der Waals surface area contributed by atoms with E-state index in [4.69, 9.17) is 6.42 Å². The van der Waals surface area contributed by atoms with Crippen molar-refractivity contribution in [2.24, 2.45) is 5.92 Å². The summed E-state index contributed by atoms with van der Waals surface area (Å²) >= 11 is 0. The van der Waals surface area contributed by atoms with Crippen LogP contribution in [0.25, 0.3) is 0 Å². The van der Waals surface area contributed by atoms with Gasteiger partial charge in [0.2, 0.25) is 0 Å². The van der Waals surface area contributed by atoms with Gasteiger partial charge in [-0.05, 0) is 32.7 Å². The van der Waals surface area contributed by atoms with E-state index in [9.17, 15) is 0 Å². The molecule has 12 heavy (non-hydrogen) atoms. The van der Waals surface area contributed by atoms with E-state index in [1.807, 2.05) is 7.05 Å². The second kappa shape index (κ2) is 7.18. The number of hydrogen-bond donors (Lipinski definition) is 1. The Morgan fingerprint density at radius 3 is 2.50 bits per heavy atom. The first-order valence-electron chi connectivity index (χ1n) is 4.81. The zero-order chi connectivity index (χ0) is 9.40. The van der Waals surface area contributed by atoms with Gasteiger partial charge in [-0.2, -0.15) is 0 Å². The van der Waals surface area contributed by atoms with Crippen LogP contribution in [0.5, 0.6) is 0 Å². The van der Waals surface area contributed by atoms with Crippen LogP contribution in [0.1, 0.15) is 39.5 Å². The first kappa shape index (κ1) is 11.5. The Balaban J connectivity index is 3.25. The lowest BCUT2D eigenvalue weighted by Gasteiger charge is -2.11. The zero-order valence-corrected chi connectivity index (χ0v) is 8.56. The van der Waals surface area contributed by atoms with E-state index in [1.54, 1.807) is 0 Å². The van der Waals surface area contributed by atoms with Gasteiger partial charge in [0.05, 0.1) is 0 Å². The van der Waals surface area contributed by atoms with Crippen molar-refractivity contribution in [1.29, 1.82) is 0 Å². The predicted molar refractivity (Wildman–Crippen MR) is 55.0 cm³/mol. The van der Waals surface area contributed by atoms with Gasteiger partial charge in [0.1, 0.15) is 0 Å². The van der Waals surface area contributed by atoms with Crippen molar-refractivity contribution in [1.82, 2.24) is 5.32 Å². The molecule has 0 amide bonds. The van der Waals surface area contributed by atoms with Gasteiger partial charge in [0.25, 0.3) is 0 Å². The predicted octanol–water partition coefficient (Wildman–Crippen LogP) is 2.42. The maximum atomic E-state index is 5.22. The lowest BCUT2D eigenvalue weighted by molar-refractivity contribution is 0.464. The molecule has 0 rings (SSSR count).